The number of nitrogens with one attached hydrogen (secondary N) is 2. The average molecular weight is 464 g/mol. The molecule has 9 heteroatoms. The number of hydrogen-bond acceptors (Lipinski definition) is 6. The molecule has 0 bridgehead atoms. The molecule has 0 radical (unpaired) electrons. The highest BCUT2D eigenvalue weighted by Crippen LogP contribution is 2.27. The molecule has 0 saturated carbocycles. The second-order valence-electron chi connectivity index (χ2n) is 7.89. The van der Waals surface area contributed by atoms with Crippen LogP contribution in [0.15, 0.2) is 54.7 Å². The van der Waals surface area contributed by atoms with Crippen molar-refractivity contribution in [3.05, 3.63) is 66.0 Å². The monoisotopic (exact) mass is 463 g/mol. The van der Waals surface area contributed by atoms with Crippen LogP contribution < -0.4 is 14.9 Å². The molecular formula is C24H29N7OS. The number of nitrogens with zero attached hydrogens (tertiary/aromatic N) is 5. The van der Waals surface area contributed by atoms with Gasteiger partial charge in [-0.1, -0.05) is 12.1 Å². The van der Waals surface area contributed by atoms with E-state index in [1.165, 1.54) is 5.56 Å². The second-order valence-corrected chi connectivity index (χ2v) is 9.39. The van der Waals surface area contributed by atoms with Gasteiger partial charge in [0.25, 0.3) is 0 Å². The Morgan fingerprint density at radius 3 is 2.67 bits per heavy atom. The minimum absolute atomic E-state index is 0.534. The van der Waals surface area contributed by atoms with Gasteiger partial charge in [0.2, 0.25) is 5.95 Å². The molecule has 0 spiro atoms. The molecule has 172 valence electrons. The number of rotatable bonds is 9. The molecule has 0 aliphatic rings. The number of aromatic nitrogens is 4. The number of aryl methyl sites for hydroxylation is 3. The van der Waals surface area contributed by atoms with Crippen LogP contribution in [0.4, 0.5) is 23.1 Å². The maximum absolute atomic E-state index is 11.5. The summed E-state index contributed by atoms with van der Waals surface area (Å²) in [6.07, 6.45) is 3.52. The molecule has 0 amide bonds. The highest BCUT2D eigenvalue weighted by molar-refractivity contribution is 7.82. The zero-order valence-electron chi connectivity index (χ0n) is 19.4. The predicted molar refractivity (Wildman–Crippen MR) is 136 cm³/mol. The van der Waals surface area contributed by atoms with E-state index < -0.39 is 11.0 Å². The molecule has 2 N–H and O–H groups in total. The Balaban J connectivity index is 1.44. The van der Waals surface area contributed by atoms with Gasteiger partial charge in [-0.3, -0.25) is 4.68 Å². The normalized spacial score (nSPS) is 12.1. The van der Waals surface area contributed by atoms with Gasteiger partial charge in [-0.2, -0.15) is 10.1 Å². The summed E-state index contributed by atoms with van der Waals surface area (Å²) in [6, 6.07) is 16.3. The first kappa shape index (κ1) is 22.9. The van der Waals surface area contributed by atoms with Gasteiger partial charge in [-0.25, -0.2) is 13.9 Å². The van der Waals surface area contributed by atoms with E-state index in [4.69, 9.17) is 0 Å². The molecule has 0 aliphatic carbocycles. The first-order chi connectivity index (χ1) is 15.9. The van der Waals surface area contributed by atoms with Crippen molar-refractivity contribution in [3.63, 3.8) is 0 Å². The highest BCUT2D eigenvalue weighted by Gasteiger charge is 2.11. The summed E-state index contributed by atoms with van der Waals surface area (Å²) < 4.78 is 16.1. The lowest BCUT2D eigenvalue weighted by Crippen LogP contribution is -2.14. The van der Waals surface area contributed by atoms with Crippen molar-refractivity contribution >= 4 is 45.0 Å². The van der Waals surface area contributed by atoms with Crippen molar-refractivity contribution in [1.82, 2.24) is 24.5 Å². The molecule has 2 aromatic carbocycles. The molecule has 1 unspecified atom stereocenters. The Labute approximate surface area is 196 Å². The van der Waals surface area contributed by atoms with E-state index in [2.05, 4.69) is 62.4 Å². The summed E-state index contributed by atoms with van der Waals surface area (Å²) in [5, 5.41) is 9.02. The maximum atomic E-state index is 11.5. The Kier molecular flexibility index (Phi) is 7.00. The molecule has 2 aromatic heterocycles. The van der Waals surface area contributed by atoms with Crippen LogP contribution in [-0.2, 0) is 24.5 Å². The Bertz CT molecular complexity index is 1270. The minimum Gasteiger partial charge on any atom is -0.329 e. The SMILES string of the molecule is CNS(=O)CCCc1ccc(Nc2nccc(N(C)c3ccc4c(C)n(C)nc4c3)n2)cc1. The summed E-state index contributed by atoms with van der Waals surface area (Å²) in [7, 11) is 4.71. The highest BCUT2D eigenvalue weighted by atomic mass is 32.2. The summed E-state index contributed by atoms with van der Waals surface area (Å²) in [5.74, 6) is 1.97. The van der Waals surface area contributed by atoms with Crippen molar-refractivity contribution in [2.45, 2.75) is 19.8 Å². The number of benzene rings is 2. The number of fused-ring (bicyclic) bond motifs is 1. The Hall–Kier alpha value is -3.30. The van der Waals surface area contributed by atoms with E-state index in [0.717, 1.165) is 46.6 Å². The van der Waals surface area contributed by atoms with Gasteiger partial charge < -0.3 is 10.2 Å². The molecular weight excluding hydrogens is 434 g/mol. The fourth-order valence-corrected chi connectivity index (χ4v) is 4.26. The first-order valence-corrected chi connectivity index (χ1v) is 12.2. The molecule has 4 rings (SSSR count). The quantitative estimate of drug-likeness (QED) is 0.390. The van der Waals surface area contributed by atoms with Crippen LogP contribution in [0, 0.1) is 6.92 Å². The van der Waals surface area contributed by atoms with Gasteiger partial charge in [0.05, 0.1) is 16.5 Å². The molecule has 0 fully saturated rings. The maximum Gasteiger partial charge on any atom is 0.229 e. The third-order valence-corrected chi connectivity index (χ3v) is 6.83. The van der Waals surface area contributed by atoms with Crippen LogP contribution in [0.2, 0.25) is 0 Å². The predicted octanol–water partition coefficient (Wildman–Crippen LogP) is 4.00. The third-order valence-electron chi connectivity index (χ3n) is 5.72. The van der Waals surface area contributed by atoms with Crippen LogP contribution >= 0.6 is 0 Å². The lowest BCUT2D eigenvalue weighted by molar-refractivity contribution is 0.675. The number of hydrogen-bond donors (Lipinski definition) is 2. The van der Waals surface area contributed by atoms with Gasteiger partial charge in [0.15, 0.2) is 0 Å². The first-order valence-electron chi connectivity index (χ1n) is 10.9. The standard InChI is InChI=1S/C24H29N7OS/c1-17-21-12-11-20(16-22(21)29-31(17)4)30(3)23-13-14-26-24(28-23)27-19-9-7-18(8-10-19)6-5-15-33(32)25-2/h7-14,16,25H,5-6,15H2,1-4H3,(H,26,27,28). The minimum atomic E-state index is -0.946. The van der Waals surface area contributed by atoms with Crippen LogP contribution in [0.5, 0.6) is 0 Å². The van der Waals surface area contributed by atoms with Crippen molar-refractivity contribution in [1.29, 1.82) is 0 Å². The zero-order valence-corrected chi connectivity index (χ0v) is 20.2. The molecule has 0 aliphatic heterocycles. The second kappa shape index (κ2) is 10.1. The summed E-state index contributed by atoms with van der Waals surface area (Å²) in [4.78, 5) is 11.1. The van der Waals surface area contributed by atoms with E-state index in [1.807, 2.05) is 41.9 Å². The van der Waals surface area contributed by atoms with Crippen molar-refractivity contribution in [2.75, 3.05) is 30.1 Å². The van der Waals surface area contributed by atoms with Gasteiger partial charge in [-0.05, 0) is 68.8 Å². The van der Waals surface area contributed by atoms with Gasteiger partial charge in [0.1, 0.15) is 5.82 Å². The fraction of sp³-hybridized carbons (Fsp3) is 0.292. The van der Waals surface area contributed by atoms with Gasteiger partial charge in [0, 0.05) is 48.5 Å². The molecule has 1 atom stereocenters. The van der Waals surface area contributed by atoms with E-state index in [0.29, 0.717) is 11.7 Å². The Morgan fingerprint density at radius 2 is 1.91 bits per heavy atom. The summed E-state index contributed by atoms with van der Waals surface area (Å²) in [5.41, 5.74) is 5.25. The third kappa shape index (κ3) is 5.37. The van der Waals surface area contributed by atoms with Crippen LogP contribution in [0.1, 0.15) is 17.7 Å². The van der Waals surface area contributed by atoms with Crippen LogP contribution in [0.3, 0.4) is 0 Å². The van der Waals surface area contributed by atoms with E-state index in [-0.39, 0.29) is 0 Å². The lowest BCUT2D eigenvalue weighted by atomic mass is 10.1. The van der Waals surface area contributed by atoms with Crippen molar-refractivity contribution in [2.24, 2.45) is 7.05 Å². The van der Waals surface area contributed by atoms with Gasteiger partial charge >= 0.3 is 0 Å². The molecule has 4 aromatic rings. The van der Waals surface area contributed by atoms with Crippen LogP contribution in [0.25, 0.3) is 10.9 Å². The van der Waals surface area contributed by atoms with E-state index in [1.54, 1.807) is 13.2 Å². The number of anilines is 4. The summed E-state index contributed by atoms with van der Waals surface area (Å²) >= 11 is 0. The zero-order chi connectivity index (χ0) is 23.4. The lowest BCUT2D eigenvalue weighted by Gasteiger charge is -2.19. The Morgan fingerprint density at radius 1 is 1.12 bits per heavy atom. The van der Waals surface area contributed by atoms with E-state index >= 15 is 0 Å². The van der Waals surface area contributed by atoms with Crippen molar-refractivity contribution < 1.29 is 4.21 Å². The smallest absolute Gasteiger partial charge is 0.229 e. The topological polar surface area (TPSA) is 88.0 Å². The van der Waals surface area contributed by atoms with Gasteiger partial charge in [-0.15, -0.1) is 0 Å². The molecule has 33 heavy (non-hydrogen) atoms. The van der Waals surface area contributed by atoms with Crippen LogP contribution in [-0.4, -0.2) is 43.8 Å². The summed E-state index contributed by atoms with van der Waals surface area (Å²) in [6.45, 7) is 2.07. The largest absolute Gasteiger partial charge is 0.329 e. The fourth-order valence-electron chi connectivity index (χ4n) is 3.65. The average Bonchev–Trinajstić information content (AvgIpc) is 3.12. The molecule has 2 heterocycles. The van der Waals surface area contributed by atoms with Crippen molar-refractivity contribution in [3.8, 4) is 0 Å². The molecule has 0 saturated heterocycles. The molecule has 8 nitrogen and oxygen atoms in total. The van der Waals surface area contributed by atoms with E-state index in [9.17, 15) is 4.21 Å².